The average Bonchev–Trinajstić information content (AvgIpc) is 1.53. The molecule has 1 fully saturated rings. The molecule has 3 heterocycles. The van der Waals surface area contributed by atoms with Crippen molar-refractivity contribution in [1.29, 1.82) is 0 Å². The molecule has 0 spiro atoms. The summed E-state index contributed by atoms with van der Waals surface area (Å²) in [5.74, 6) is -12.6. The number of sulfonamides is 2. The van der Waals surface area contributed by atoms with Gasteiger partial charge in [-0.15, -0.1) is 18.3 Å². The first kappa shape index (κ1) is 124. The number of primary amides is 1. The Morgan fingerprint density at radius 1 is 0.581 bits per heavy atom. The topological polar surface area (TPSA) is 588 Å². The summed E-state index contributed by atoms with van der Waals surface area (Å²) >= 11 is 0.775. The molecule has 41 nitrogen and oxygen atoms in total. The average molecular weight is 2130 g/mol. The largest absolute Gasteiger partial charge is 0.491 e. The Morgan fingerprint density at radius 2 is 1.06 bits per heavy atom. The summed E-state index contributed by atoms with van der Waals surface area (Å²) in [5.41, 5.74) is 10.6. The molecule has 3 unspecified atom stereocenters. The maximum absolute atomic E-state index is 16.3. The zero-order chi connectivity index (χ0) is 112. The lowest BCUT2D eigenvalue weighted by Crippen LogP contribution is -2.65. The van der Waals surface area contributed by atoms with Crippen LogP contribution in [0.1, 0.15) is 252 Å². The van der Waals surface area contributed by atoms with Gasteiger partial charge in [0.05, 0.1) is 71.4 Å². The zero-order valence-electron chi connectivity index (χ0n) is 91.3. The number of amides is 12. The SMILES string of the molecule is C=CC(NCCC[C@H](NC(=O)[C@H](Cc1ccc(OC(C)(C)C)cc1)NC(=O)[C@H](Cc1ccc(OC(C)(C)C)cc1)NC(=O)[C@@H]1CC(=O)N[C@@H](CSCC(N)=O)C(=O)N[C@@H]([C@@H](C)OC(C)(C)C)C(=O)NC([C@@H](C)OC(C)(C)C)C(=O)N[C@@H]([C@@H](C)OC(C)(C)C)C(=O)N[C@@H](CCCN=C(N)NS(=O)(=O)c2c(C)c(C)c3c(c2C)OC(C)(C)C3)C(=O)N1)C(=O)NCC(=O)NCC=O)NS(=O)(=O)C1C(C)=C(C)C2=C(OC(C)(C)C2)C1(C)C. The van der Waals surface area contributed by atoms with Crippen molar-refractivity contribution in [2.24, 2.45) is 21.9 Å². The van der Waals surface area contributed by atoms with Gasteiger partial charge >= 0.3 is 0 Å². The molecule has 824 valence electrons. The van der Waals surface area contributed by atoms with E-state index in [0.717, 1.165) is 28.5 Å². The molecule has 3 aromatic carbocycles. The van der Waals surface area contributed by atoms with Crippen molar-refractivity contribution in [2.75, 3.05) is 37.7 Å². The van der Waals surface area contributed by atoms with Crippen LogP contribution in [-0.4, -0.2) is 261 Å². The summed E-state index contributed by atoms with van der Waals surface area (Å²) < 4.78 is 108. The first-order chi connectivity index (χ1) is 68.1. The fourth-order valence-corrected chi connectivity index (χ4v) is 22.6. The van der Waals surface area contributed by atoms with Gasteiger partial charge in [-0.2, -0.15) is 4.72 Å². The number of fused-ring (bicyclic) bond motifs is 1. The lowest BCUT2D eigenvalue weighted by molar-refractivity contribution is -0.147. The van der Waals surface area contributed by atoms with Crippen molar-refractivity contribution in [3.63, 3.8) is 0 Å². The van der Waals surface area contributed by atoms with Crippen molar-refractivity contribution in [2.45, 2.75) is 387 Å². The summed E-state index contributed by atoms with van der Waals surface area (Å²) in [5, 5.41) is 31.1. The number of carbonyl (C=O) groups is 13. The van der Waals surface area contributed by atoms with Crippen molar-refractivity contribution in [1.82, 2.24) is 73.2 Å². The minimum absolute atomic E-state index is 0.00955. The number of hydrogen-bond acceptors (Lipinski definition) is 27. The third-order valence-corrected chi connectivity index (χ3v) is 29.3. The number of nitrogens with two attached hydrogens (primary N) is 2. The second-order valence-electron chi connectivity index (χ2n) is 45.0. The van der Waals surface area contributed by atoms with Crippen LogP contribution in [0.5, 0.6) is 17.2 Å². The number of ether oxygens (including phenoxy) is 7. The van der Waals surface area contributed by atoms with Crippen LogP contribution in [0.2, 0.25) is 0 Å². The van der Waals surface area contributed by atoms with Gasteiger partial charge in [0.1, 0.15) is 111 Å². The quantitative estimate of drug-likeness (QED) is 0.00823. The smallest absolute Gasteiger partial charge is 0.264 e. The zero-order valence-corrected chi connectivity index (χ0v) is 93.7. The van der Waals surface area contributed by atoms with E-state index in [0.29, 0.717) is 75.5 Å². The van der Waals surface area contributed by atoms with Gasteiger partial charge in [0.2, 0.25) is 86.9 Å². The van der Waals surface area contributed by atoms with E-state index >= 15 is 43.2 Å². The summed E-state index contributed by atoms with van der Waals surface area (Å²) in [6, 6.07) is -3.64. The minimum atomic E-state index is -4.53. The van der Waals surface area contributed by atoms with Gasteiger partial charge in [-0.25, -0.2) is 21.6 Å². The number of allylic oxidation sites excluding steroid dienone is 2. The van der Waals surface area contributed by atoms with Gasteiger partial charge in [0, 0.05) is 54.5 Å². The number of aldehydes is 1. The van der Waals surface area contributed by atoms with Crippen LogP contribution in [0.25, 0.3) is 0 Å². The van der Waals surface area contributed by atoms with E-state index in [9.17, 15) is 36.0 Å². The van der Waals surface area contributed by atoms with Crippen LogP contribution in [-0.2, 0) is 121 Å². The molecule has 0 aromatic heterocycles. The molecule has 4 aliphatic rings. The number of nitrogens with one attached hydrogen (secondary N) is 14. The number of hydrogen-bond donors (Lipinski definition) is 16. The van der Waals surface area contributed by atoms with E-state index in [4.69, 9.17) is 44.6 Å². The highest BCUT2D eigenvalue weighted by Gasteiger charge is 2.54. The number of rotatable bonds is 42. The van der Waals surface area contributed by atoms with Gasteiger partial charge in [0.25, 0.3) is 10.0 Å². The molecule has 148 heavy (non-hydrogen) atoms. The Morgan fingerprint density at radius 3 is 1.55 bits per heavy atom. The van der Waals surface area contributed by atoms with Gasteiger partial charge in [0.15, 0.2) is 0 Å². The maximum Gasteiger partial charge on any atom is 0.264 e. The highest BCUT2D eigenvalue weighted by molar-refractivity contribution is 8.00. The molecule has 12 amide bonds. The molecule has 3 aliphatic heterocycles. The summed E-state index contributed by atoms with van der Waals surface area (Å²) in [6.07, 6.45) is -5.17. The first-order valence-corrected chi connectivity index (χ1v) is 54.1. The summed E-state index contributed by atoms with van der Waals surface area (Å²) in [7, 11) is -8.79. The van der Waals surface area contributed by atoms with Crippen molar-refractivity contribution in [3.05, 3.63) is 117 Å². The Kier molecular flexibility index (Phi) is 42.6. The molecular formula is C104H161N17O24S3. The van der Waals surface area contributed by atoms with Gasteiger partial charge in [-0.05, 0) is 282 Å². The third kappa shape index (κ3) is 37.1. The maximum atomic E-state index is 16.3. The molecule has 0 bridgehead atoms. The molecule has 14 atom stereocenters. The van der Waals surface area contributed by atoms with E-state index in [1.165, 1.54) is 26.8 Å². The van der Waals surface area contributed by atoms with E-state index in [2.05, 4.69) is 84.8 Å². The number of benzene rings is 3. The normalized spacial score (nSPS) is 21.2. The lowest BCUT2D eigenvalue weighted by atomic mass is 9.74. The number of aliphatic imine (C=N–C) groups is 1. The fraction of sp³-hybridized carbons (Fsp3) is 0.635. The Hall–Kier alpha value is -11.3. The van der Waals surface area contributed by atoms with Crippen LogP contribution >= 0.6 is 11.8 Å². The van der Waals surface area contributed by atoms with Gasteiger partial charge in [-0.1, -0.05) is 44.2 Å². The molecular weight excluding hydrogens is 1970 g/mol. The predicted octanol–water partition coefficient (Wildman–Crippen LogP) is 5.57. The first-order valence-electron chi connectivity index (χ1n) is 49.9. The number of carbonyl (C=O) groups excluding carboxylic acids is 13. The molecule has 3 aromatic rings. The Labute approximate surface area is 876 Å². The van der Waals surface area contributed by atoms with Crippen LogP contribution in [0.15, 0.2) is 93.6 Å². The lowest BCUT2D eigenvalue weighted by Gasteiger charge is -2.40. The summed E-state index contributed by atoms with van der Waals surface area (Å²) in [6.45, 7) is 52.6. The molecule has 1 saturated heterocycles. The van der Waals surface area contributed by atoms with E-state index in [-0.39, 0.29) is 37.1 Å². The monoisotopic (exact) mass is 2130 g/mol. The van der Waals surface area contributed by atoms with Crippen LogP contribution in [0.3, 0.4) is 0 Å². The summed E-state index contributed by atoms with van der Waals surface area (Å²) in [4.78, 5) is 198. The predicted molar refractivity (Wildman–Crippen MR) is 564 cm³/mol. The van der Waals surface area contributed by atoms with E-state index < -0.39 is 276 Å². The fourth-order valence-electron chi connectivity index (χ4n) is 18.1. The Balaban J connectivity index is 1.39. The molecule has 44 heteroatoms. The molecule has 1 aliphatic carbocycles. The van der Waals surface area contributed by atoms with Gasteiger partial charge in [-0.3, -0.25) is 67.8 Å². The van der Waals surface area contributed by atoms with E-state index in [1.54, 1.807) is 139 Å². The van der Waals surface area contributed by atoms with E-state index in [1.807, 2.05) is 90.0 Å². The van der Waals surface area contributed by atoms with Crippen molar-refractivity contribution in [3.8, 4) is 17.2 Å². The third-order valence-electron chi connectivity index (χ3n) is 24.4. The standard InChI is InChI=1S/C104H161N17O24S3/c1-31-77(120-148(137,138)86-59(5)57(3)69-52-103(27,28)145-85(69)104(86,29)30)107-44-32-34-70(87(126)110-53-79(125)108-46-47-122)112-89(128)72(48-64-36-40-66(41-37-64)142-100(19,20)21)114-90(129)73(49-65-38-42-67(43-39-65)143-101(22,23)24)115-91(130)74-50-78(124)111-75(54-146-55-76(105)123)92(131)117-81(62(8)140-98(13,14)15)94(133)119-82(63(9)141-99(16,17)18)95(134)118-80(61(7)139-97(10,11)12)93(132)113-71(88(127)116-74)35-33-45-109-96(106)121-147(135,136)84-58(4)56(2)68-51-102(25,26)144-83(68)60(84)6/h31,36-43,47,61-63,70-75,77,80-82,86,107,120H,1,32-35,44-46,48-55H2,2-30H3,(H2,105,123)(H,108,125)(H,110,126)(H,111,124)(H,112,128)(H,113,132)(H,114,129)(H,115,130)(H,116,127)(H,117,131)(H,118,134)(H,119,133)(H3,106,109,121)/t61-,62-,63-,70+,71+,72+,73+,74+,75+,77?,80+,81+,82?,86?/m1/s1. The number of guanidine groups is 1. The van der Waals surface area contributed by atoms with Crippen molar-refractivity contribution >= 4 is 115 Å². The van der Waals surface area contributed by atoms with Crippen molar-refractivity contribution < 1.29 is 112 Å². The minimum Gasteiger partial charge on any atom is -0.491 e. The van der Waals surface area contributed by atoms with Crippen LogP contribution < -0.4 is 98.9 Å². The molecule has 18 N–H and O–H groups in total. The van der Waals surface area contributed by atoms with Crippen LogP contribution in [0.4, 0.5) is 0 Å². The number of thioether (sulfide) groups is 1. The molecule has 0 radical (unpaired) electrons. The second kappa shape index (κ2) is 51.0. The molecule has 0 saturated carbocycles. The highest BCUT2D eigenvalue weighted by atomic mass is 32.2. The Bertz CT molecular complexity index is 5670. The van der Waals surface area contributed by atoms with Gasteiger partial charge < -0.3 is 108 Å². The second-order valence-corrected chi connectivity index (χ2v) is 49.4. The number of nitrogens with zero attached hydrogens (tertiary/aromatic N) is 1. The molecule has 7 rings (SSSR count). The van der Waals surface area contributed by atoms with Crippen LogP contribution in [0, 0.1) is 26.2 Å². The highest BCUT2D eigenvalue weighted by Crippen LogP contribution is 2.54.